The molecule has 1 amide bonds. The van der Waals surface area contributed by atoms with Crippen LogP contribution >= 0.6 is 0 Å². The smallest absolute Gasteiger partial charge is 0.283 e. The van der Waals surface area contributed by atoms with Crippen molar-refractivity contribution in [1.29, 1.82) is 0 Å². The molecule has 0 N–H and O–H groups in total. The molecule has 2 aromatic heterocycles. The van der Waals surface area contributed by atoms with E-state index in [1.807, 2.05) is 6.92 Å². The molecule has 3 heterocycles. The minimum atomic E-state index is -0.358. The predicted molar refractivity (Wildman–Crippen MR) is 96.7 cm³/mol. The number of aromatic nitrogens is 3. The molecule has 2 aromatic rings. The summed E-state index contributed by atoms with van der Waals surface area (Å²) < 4.78 is 1.52. The van der Waals surface area contributed by atoms with Crippen LogP contribution < -0.4 is 5.56 Å². The molecular formula is C18H25N5O2. The summed E-state index contributed by atoms with van der Waals surface area (Å²) in [4.78, 5) is 38.2. The molecule has 0 saturated carbocycles. The molecule has 1 aliphatic rings. The Morgan fingerprint density at radius 2 is 1.96 bits per heavy atom. The Morgan fingerprint density at radius 3 is 2.60 bits per heavy atom. The van der Waals surface area contributed by atoms with E-state index < -0.39 is 0 Å². The molecule has 1 saturated heterocycles. The number of amides is 1. The highest BCUT2D eigenvalue weighted by atomic mass is 16.2. The number of fused-ring (bicyclic) bond motifs is 1. The zero-order valence-electron chi connectivity index (χ0n) is 15.1. The summed E-state index contributed by atoms with van der Waals surface area (Å²) >= 11 is 0. The molecule has 7 heteroatoms. The molecule has 0 spiro atoms. The monoisotopic (exact) mass is 343 g/mol. The molecule has 0 aliphatic carbocycles. The fourth-order valence-corrected chi connectivity index (χ4v) is 3.31. The van der Waals surface area contributed by atoms with Crippen LogP contribution in [0, 0.1) is 5.92 Å². The normalized spacial score (nSPS) is 15.9. The number of pyridine rings is 1. The third-order valence-electron chi connectivity index (χ3n) is 4.50. The van der Waals surface area contributed by atoms with E-state index >= 15 is 0 Å². The molecule has 0 atom stereocenters. The molecule has 1 aliphatic heterocycles. The highest BCUT2D eigenvalue weighted by molar-refractivity contribution is 5.93. The Labute approximate surface area is 147 Å². The van der Waals surface area contributed by atoms with Crippen LogP contribution in [0.3, 0.4) is 0 Å². The molecular weight excluding hydrogens is 318 g/mol. The molecule has 0 bridgehead atoms. The van der Waals surface area contributed by atoms with E-state index in [4.69, 9.17) is 0 Å². The lowest BCUT2D eigenvalue weighted by molar-refractivity contribution is 0.0616. The first-order valence-electron chi connectivity index (χ1n) is 8.88. The van der Waals surface area contributed by atoms with Gasteiger partial charge in [0, 0.05) is 45.5 Å². The first-order chi connectivity index (χ1) is 12.0. The van der Waals surface area contributed by atoms with E-state index in [2.05, 4.69) is 28.7 Å². The zero-order chi connectivity index (χ0) is 18.0. The van der Waals surface area contributed by atoms with Crippen molar-refractivity contribution in [2.45, 2.75) is 27.3 Å². The average Bonchev–Trinajstić information content (AvgIpc) is 2.61. The van der Waals surface area contributed by atoms with Crippen LogP contribution in [0.15, 0.2) is 23.1 Å². The van der Waals surface area contributed by atoms with Gasteiger partial charge in [-0.3, -0.25) is 19.1 Å². The van der Waals surface area contributed by atoms with Crippen molar-refractivity contribution < 1.29 is 4.79 Å². The third kappa shape index (κ3) is 3.56. The van der Waals surface area contributed by atoms with Gasteiger partial charge < -0.3 is 4.90 Å². The van der Waals surface area contributed by atoms with Gasteiger partial charge in [-0.25, -0.2) is 9.97 Å². The molecule has 134 valence electrons. The summed E-state index contributed by atoms with van der Waals surface area (Å²) in [6, 6.07) is 3.55. The highest BCUT2D eigenvalue weighted by Gasteiger charge is 2.26. The van der Waals surface area contributed by atoms with Crippen molar-refractivity contribution >= 4 is 17.1 Å². The van der Waals surface area contributed by atoms with E-state index in [9.17, 15) is 9.59 Å². The van der Waals surface area contributed by atoms with Crippen LogP contribution in [0.2, 0.25) is 0 Å². The van der Waals surface area contributed by atoms with Crippen LogP contribution in [0.5, 0.6) is 0 Å². The second-order valence-electron chi connectivity index (χ2n) is 6.84. The quantitative estimate of drug-likeness (QED) is 0.835. The highest BCUT2D eigenvalue weighted by Crippen LogP contribution is 2.11. The minimum Gasteiger partial charge on any atom is -0.335 e. The molecule has 0 aromatic carbocycles. The van der Waals surface area contributed by atoms with Gasteiger partial charge in [0.2, 0.25) is 0 Å². The molecule has 3 rings (SSSR count). The first kappa shape index (κ1) is 17.5. The lowest BCUT2D eigenvalue weighted by Gasteiger charge is -2.35. The standard InChI is InChI=1S/C18H25N5O2/c1-4-23-16-14(6-5-7-19-16)20-15(18(23)25)17(24)22-10-8-21(9-11-22)12-13(2)3/h5-7,13H,4,8-12H2,1-3H3. The van der Waals surface area contributed by atoms with Gasteiger partial charge in [-0.1, -0.05) is 13.8 Å². The molecule has 1 fully saturated rings. The van der Waals surface area contributed by atoms with Crippen LogP contribution in [-0.2, 0) is 6.54 Å². The Kier molecular flexibility index (Phi) is 5.13. The van der Waals surface area contributed by atoms with Crippen LogP contribution in [0.4, 0.5) is 0 Å². The van der Waals surface area contributed by atoms with Crippen molar-refractivity contribution in [1.82, 2.24) is 24.3 Å². The summed E-state index contributed by atoms with van der Waals surface area (Å²) in [5.41, 5.74) is 0.738. The largest absolute Gasteiger partial charge is 0.335 e. The molecule has 25 heavy (non-hydrogen) atoms. The summed E-state index contributed by atoms with van der Waals surface area (Å²) in [5, 5.41) is 0. The lowest BCUT2D eigenvalue weighted by Crippen LogP contribution is -2.50. The Morgan fingerprint density at radius 1 is 1.24 bits per heavy atom. The van der Waals surface area contributed by atoms with E-state index in [1.165, 1.54) is 4.57 Å². The van der Waals surface area contributed by atoms with E-state index in [0.717, 1.165) is 19.6 Å². The van der Waals surface area contributed by atoms with Gasteiger partial charge >= 0.3 is 0 Å². The van der Waals surface area contributed by atoms with Crippen LogP contribution in [-0.4, -0.2) is 63.0 Å². The van der Waals surface area contributed by atoms with Crippen LogP contribution in [0.25, 0.3) is 11.2 Å². The average molecular weight is 343 g/mol. The number of hydrogen-bond donors (Lipinski definition) is 0. The van der Waals surface area contributed by atoms with Crippen molar-refractivity contribution in [2.24, 2.45) is 5.92 Å². The Bertz CT molecular complexity index is 822. The number of carbonyl (C=O) groups excluding carboxylic acids is 1. The van der Waals surface area contributed by atoms with Gasteiger partial charge in [0.15, 0.2) is 11.3 Å². The van der Waals surface area contributed by atoms with Gasteiger partial charge in [-0.05, 0) is 25.0 Å². The fourth-order valence-electron chi connectivity index (χ4n) is 3.31. The van der Waals surface area contributed by atoms with Crippen molar-refractivity contribution in [3.8, 4) is 0 Å². The number of hydrogen-bond acceptors (Lipinski definition) is 5. The van der Waals surface area contributed by atoms with Crippen molar-refractivity contribution in [3.63, 3.8) is 0 Å². The fraction of sp³-hybridized carbons (Fsp3) is 0.556. The number of rotatable bonds is 4. The number of nitrogens with zero attached hydrogens (tertiary/aromatic N) is 5. The van der Waals surface area contributed by atoms with Gasteiger partial charge in [0.1, 0.15) is 5.52 Å². The second kappa shape index (κ2) is 7.31. The molecule has 7 nitrogen and oxygen atoms in total. The van der Waals surface area contributed by atoms with Crippen molar-refractivity contribution in [2.75, 3.05) is 32.7 Å². The van der Waals surface area contributed by atoms with E-state index in [1.54, 1.807) is 23.2 Å². The number of carbonyl (C=O) groups is 1. The zero-order valence-corrected chi connectivity index (χ0v) is 15.1. The molecule has 0 unspecified atom stereocenters. The van der Waals surface area contributed by atoms with Crippen molar-refractivity contribution in [3.05, 3.63) is 34.4 Å². The maximum atomic E-state index is 12.9. The molecule has 0 radical (unpaired) electrons. The third-order valence-corrected chi connectivity index (χ3v) is 4.50. The topological polar surface area (TPSA) is 71.3 Å². The summed E-state index contributed by atoms with van der Waals surface area (Å²) in [6.45, 7) is 10.7. The summed E-state index contributed by atoms with van der Waals surface area (Å²) in [7, 11) is 0. The Balaban J connectivity index is 1.86. The van der Waals surface area contributed by atoms with Gasteiger partial charge in [-0.15, -0.1) is 0 Å². The maximum Gasteiger partial charge on any atom is 0.283 e. The minimum absolute atomic E-state index is 0.000315. The van der Waals surface area contributed by atoms with Gasteiger partial charge in [0.05, 0.1) is 0 Å². The SMILES string of the molecule is CCn1c(=O)c(C(=O)N2CCN(CC(C)C)CC2)nc2cccnc21. The second-order valence-corrected chi connectivity index (χ2v) is 6.84. The van der Waals surface area contributed by atoms with Crippen LogP contribution in [0.1, 0.15) is 31.3 Å². The number of aryl methyl sites for hydroxylation is 1. The summed E-state index contributed by atoms with van der Waals surface area (Å²) in [6.07, 6.45) is 1.63. The number of piperazine rings is 1. The predicted octanol–water partition coefficient (Wildman–Crippen LogP) is 1.23. The first-order valence-corrected chi connectivity index (χ1v) is 8.88. The summed E-state index contributed by atoms with van der Waals surface area (Å²) in [5.74, 6) is 0.329. The van der Waals surface area contributed by atoms with E-state index in [0.29, 0.717) is 36.7 Å². The Hall–Kier alpha value is -2.28. The maximum absolute atomic E-state index is 12.9. The van der Waals surface area contributed by atoms with Gasteiger partial charge in [-0.2, -0.15) is 0 Å². The lowest BCUT2D eigenvalue weighted by atomic mass is 10.2. The van der Waals surface area contributed by atoms with Gasteiger partial charge in [0.25, 0.3) is 11.5 Å². The van der Waals surface area contributed by atoms with E-state index in [-0.39, 0.29) is 17.2 Å².